The number of aryl methyl sites for hydroxylation is 1. The van der Waals surface area contributed by atoms with Gasteiger partial charge < -0.3 is 10.3 Å². The molecule has 118 valence electrons. The molecule has 0 saturated heterocycles. The normalized spacial score (nSPS) is 10.6. The maximum Gasteiger partial charge on any atom is 0.256 e. The molecule has 0 aliphatic carbocycles. The molecule has 2 N–H and O–H groups in total. The van der Waals surface area contributed by atoms with E-state index in [2.05, 4.69) is 17.2 Å². The summed E-state index contributed by atoms with van der Waals surface area (Å²) in [4.78, 5) is 26.4. The minimum atomic E-state index is -0.279. The molecule has 0 spiro atoms. The van der Waals surface area contributed by atoms with Crippen molar-refractivity contribution in [1.29, 1.82) is 0 Å². The minimum Gasteiger partial charge on any atom is -0.364 e. The van der Waals surface area contributed by atoms with Gasteiger partial charge in [0.1, 0.15) is 5.56 Å². The Bertz CT molecular complexity index is 480. The lowest BCUT2D eigenvalue weighted by atomic mass is 10.1. The van der Waals surface area contributed by atoms with E-state index in [-0.39, 0.29) is 16.9 Å². The average molecular weight is 292 g/mol. The van der Waals surface area contributed by atoms with Crippen LogP contribution in [0.3, 0.4) is 0 Å². The smallest absolute Gasteiger partial charge is 0.256 e. The van der Waals surface area contributed by atoms with E-state index < -0.39 is 0 Å². The van der Waals surface area contributed by atoms with E-state index in [1.165, 1.54) is 50.8 Å². The number of H-pyrrole nitrogens is 1. The van der Waals surface area contributed by atoms with Crippen LogP contribution in [0, 0.1) is 6.92 Å². The molecule has 0 aromatic carbocycles. The lowest BCUT2D eigenvalue weighted by Crippen LogP contribution is -2.29. The maximum absolute atomic E-state index is 11.9. The van der Waals surface area contributed by atoms with Gasteiger partial charge in [0.15, 0.2) is 5.43 Å². The van der Waals surface area contributed by atoms with Crippen molar-refractivity contribution >= 4 is 5.91 Å². The van der Waals surface area contributed by atoms with Crippen LogP contribution in [0.25, 0.3) is 0 Å². The van der Waals surface area contributed by atoms with Gasteiger partial charge in [-0.2, -0.15) is 0 Å². The average Bonchev–Trinajstić information content (AvgIpc) is 2.45. The van der Waals surface area contributed by atoms with Crippen molar-refractivity contribution in [2.45, 2.75) is 65.2 Å². The van der Waals surface area contributed by atoms with E-state index in [1.54, 1.807) is 6.92 Å². The summed E-state index contributed by atoms with van der Waals surface area (Å²) in [5, 5.41) is 2.81. The first-order valence-corrected chi connectivity index (χ1v) is 8.12. The summed E-state index contributed by atoms with van der Waals surface area (Å²) in [6.07, 6.45) is 11.4. The number of amides is 1. The number of hydrogen-bond acceptors (Lipinski definition) is 2. The fourth-order valence-electron chi connectivity index (χ4n) is 2.31. The van der Waals surface area contributed by atoms with Crippen LogP contribution in [0.15, 0.2) is 17.1 Å². The Kier molecular flexibility index (Phi) is 8.48. The van der Waals surface area contributed by atoms with Gasteiger partial charge in [-0.25, -0.2) is 0 Å². The fraction of sp³-hybridized carbons (Fsp3) is 0.647. The van der Waals surface area contributed by atoms with Crippen molar-refractivity contribution in [2.24, 2.45) is 0 Å². The molecule has 1 aromatic heterocycles. The molecule has 4 heteroatoms. The van der Waals surface area contributed by atoms with Crippen LogP contribution in [0.4, 0.5) is 0 Å². The first-order valence-electron chi connectivity index (χ1n) is 8.12. The second-order valence-electron chi connectivity index (χ2n) is 5.62. The summed E-state index contributed by atoms with van der Waals surface area (Å²) in [5.74, 6) is -0.279. The van der Waals surface area contributed by atoms with Crippen molar-refractivity contribution in [1.82, 2.24) is 10.3 Å². The van der Waals surface area contributed by atoms with E-state index in [4.69, 9.17) is 0 Å². The van der Waals surface area contributed by atoms with Gasteiger partial charge in [0.2, 0.25) is 0 Å². The van der Waals surface area contributed by atoms with Gasteiger partial charge in [0.05, 0.1) is 0 Å². The highest BCUT2D eigenvalue weighted by atomic mass is 16.2. The van der Waals surface area contributed by atoms with Gasteiger partial charge in [-0.3, -0.25) is 9.59 Å². The van der Waals surface area contributed by atoms with Crippen molar-refractivity contribution in [2.75, 3.05) is 6.54 Å². The minimum absolute atomic E-state index is 0.195. The number of rotatable bonds is 10. The number of carbonyl (C=O) groups excluding carboxylic acids is 1. The number of unbranched alkanes of at least 4 members (excludes halogenated alkanes) is 7. The van der Waals surface area contributed by atoms with Crippen molar-refractivity contribution < 1.29 is 4.79 Å². The number of nitrogens with one attached hydrogen (secondary N) is 2. The van der Waals surface area contributed by atoms with Crippen molar-refractivity contribution in [3.8, 4) is 0 Å². The molecule has 0 saturated carbocycles. The third kappa shape index (κ3) is 7.11. The molecule has 4 nitrogen and oxygen atoms in total. The van der Waals surface area contributed by atoms with E-state index in [9.17, 15) is 9.59 Å². The Morgan fingerprint density at radius 3 is 2.33 bits per heavy atom. The summed E-state index contributed by atoms with van der Waals surface area (Å²) in [6, 6.07) is 1.45. The zero-order valence-electron chi connectivity index (χ0n) is 13.3. The molecule has 0 aliphatic rings. The van der Waals surface area contributed by atoms with Crippen LogP contribution < -0.4 is 10.7 Å². The molecular weight excluding hydrogens is 264 g/mol. The maximum atomic E-state index is 11.9. The summed E-state index contributed by atoms with van der Waals surface area (Å²) in [6.45, 7) is 4.66. The molecule has 0 fully saturated rings. The van der Waals surface area contributed by atoms with Gasteiger partial charge in [-0.1, -0.05) is 51.9 Å². The summed E-state index contributed by atoms with van der Waals surface area (Å²) in [5.41, 5.74) is 0.736. The van der Waals surface area contributed by atoms with Gasteiger partial charge in [0.25, 0.3) is 5.91 Å². The lowest BCUT2D eigenvalue weighted by Gasteiger charge is -2.05. The molecule has 0 bridgehead atoms. The first kappa shape index (κ1) is 17.5. The molecule has 0 aliphatic heterocycles. The third-order valence-corrected chi connectivity index (χ3v) is 3.62. The Morgan fingerprint density at radius 1 is 1.10 bits per heavy atom. The molecule has 1 aromatic rings. The van der Waals surface area contributed by atoms with Crippen LogP contribution in [0.1, 0.15) is 74.3 Å². The highest BCUT2D eigenvalue weighted by Gasteiger charge is 2.08. The first-order chi connectivity index (χ1) is 10.1. The van der Waals surface area contributed by atoms with E-state index in [0.717, 1.165) is 18.5 Å². The number of carbonyl (C=O) groups is 1. The summed E-state index contributed by atoms with van der Waals surface area (Å²) < 4.78 is 0. The fourth-order valence-corrected chi connectivity index (χ4v) is 2.31. The second kappa shape index (κ2) is 10.2. The van der Waals surface area contributed by atoms with Crippen LogP contribution in [-0.4, -0.2) is 17.4 Å². The highest BCUT2D eigenvalue weighted by molar-refractivity contribution is 5.93. The van der Waals surface area contributed by atoms with Gasteiger partial charge in [-0.05, 0) is 13.3 Å². The Hall–Kier alpha value is -1.58. The SMILES string of the molecule is CCCCCCCCCCNC(=O)c1c[nH]c(C)cc1=O. The number of pyridine rings is 1. The van der Waals surface area contributed by atoms with Crippen LogP contribution >= 0.6 is 0 Å². The van der Waals surface area contributed by atoms with Crippen molar-refractivity contribution in [3.63, 3.8) is 0 Å². The standard InChI is InChI=1S/C17H28N2O2/c1-3-4-5-6-7-8-9-10-11-18-17(21)15-13-19-14(2)12-16(15)20/h12-13H,3-11H2,1-2H3,(H,18,21)(H,19,20). The predicted molar refractivity (Wildman–Crippen MR) is 86.7 cm³/mol. The van der Waals surface area contributed by atoms with Gasteiger partial charge in [-0.15, -0.1) is 0 Å². The van der Waals surface area contributed by atoms with E-state index in [1.807, 2.05) is 0 Å². The van der Waals surface area contributed by atoms with Crippen LogP contribution in [0.5, 0.6) is 0 Å². The molecule has 0 unspecified atom stereocenters. The van der Waals surface area contributed by atoms with E-state index >= 15 is 0 Å². The molecule has 0 radical (unpaired) electrons. The molecule has 1 rings (SSSR count). The van der Waals surface area contributed by atoms with Crippen molar-refractivity contribution in [3.05, 3.63) is 33.7 Å². The Balaban J connectivity index is 2.12. The molecule has 21 heavy (non-hydrogen) atoms. The molecule has 1 heterocycles. The quantitative estimate of drug-likeness (QED) is 0.648. The van der Waals surface area contributed by atoms with Gasteiger partial charge in [0, 0.05) is 24.5 Å². The number of aromatic nitrogens is 1. The predicted octanol–water partition coefficient (Wildman–Crippen LogP) is 3.55. The topological polar surface area (TPSA) is 62.0 Å². The van der Waals surface area contributed by atoms with Gasteiger partial charge >= 0.3 is 0 Å². The molecular formula is C17H28N2O2. The number of hydrogen-bond donors (Lipinski definition) is 2. The molecule has 0 atom stereocenters. The highest BCUT2D eigenvalue weighted by Crippen LogP contribution is 2.07. The monoisotopic (exact) mass is 292 g/mol. The third-order valence-electron chi connectivity index (χ3n) is 3.62. The zero-order valence-corrected chi connectivity index (χ0v) is 13.3. The van der Waals surface area contributed by atoms with Crippen LogP contribution in [0.2, 0.25) is 0 Å². The Labute approximate surface area is 127 Å². The number of aromatic amines is 1. The largest absolute Gasteiger partial charge is 0.364 e. The zero-order chi connectivity index (χ0) is 15.5. The Morgan fingerprint density at radius 2 is 1.71 bits per heavy atom. The second-order valence-corrected chi connectivity index (χ2v) is 5.62. The summed E-state index contributed by atoms with van der Waals surface area (Å²) >= 11 is 0. The lowest BCUT2D eigenvalue weighted by molar-refractivity contribution is 0.0951. The van der Waals surface area contributed by atoms with E-state index in [0.29, 0.717) is 6.54 Å². The molecule has 1 amide bonds. The van der Waals surface area contributed by atoms with Crippen LogP contribution in [-0.2, 0) is 0 Å². The summed E-state index contributed by atoms with van der Waals surface area (Å²) in [7, 11) is 0.